The van der Waals surface area contributed by atoms with Crippen LogP contribution in [0.4, 0.5) is 0 Å². The summed E-state index contributed by atoms with van der Waals surface area (Å²) < 4.78 is 3.17. The van der Waals surface area contributed by atoms with E-state index >= 15 is 0 Å². The van der Waals surface area contributed by atoms with Gasteiger partial charge in [0, 0.05) is 22.7 Å². The molecule has 0 spiro atoms. The molecule has 5 rings (SSSR count). The summed E-state index contributed by atoms with van der Waals surface area (Å²) in [6, 6.07) is 19.6. The third-order valence-corrected chi connectivity index (χ3v) is 7.49. The highest BCUT2D eigenvalue weighted by molar-refractivity contribution is 6.30. The molecule has 0 radical (unpaired) electrons. The van der Waals surface area contributed by atoms with Crippen molar-refractivity contribution in [2.75, 3.05) is 6.54 Å². The molecule has 0 saturated heterocycles. The predicted molar refractivity (Wildman–Crippen MR) is 151 cm³/mol. The number of aromatic nitrogens is 3. The summed E-state index contributed by atoms with van der Waals surface area (Å²) in [5, 5.41) is 5.81. The van der Waals surface area contributed by atoms with Crippen LogP contribution in [-0.2, 0) is 6.54 Å². The van der Waals surface area contributed by atoms with Crippen molar-refractivity contribution in [2.45, 2.75) is 51.2 Å². The van der Waals surface area contributed by atoms with Crippen LogP contribution in [0.2, 0.25) is 10.2 Å². The molecule has 2 aromatic carbocycles. The predicted octanol–water partition coefficient (Wildman–Crippen LogP) is 5.57. The van der Waals surface area contributed by atoms with E-state index in [1.165, 1.54) is 4.52 Å². The van der Waals surface area contributed by atoms with Crippen molar-refractivity contribution < 1.29 is 4.79 Å². The Kier molecular flexibility index (Phi) is 7.36. The van der Waals surface area contributed by atoms with Crippen molar-refractivity contribution in [3.63, 3.8) is 0 Å². The van der Waals surface area contributed by atoms with E-state index < -0.39 is 11.6 Å². The van der Waals surface area contributed by atoms with Gasteiger partial charge in [-0.3, -0.25) is 14.2 Å². The number of carbonyl (C=O) groups excluding carboxylic acids is 1. The highest BCUT2D eigenvalue weighted by Gasteiger charge is 2.42. The Morgan fingerprint density at radius 3 is 2.39 bits per heavy atom. The summed E-state index contributed by atoms with van der Waals surface area (Å²) in [5.41, 5.74) is 7.55. The highest BCUT2D eigenvalue weighted by atomic mass is 35.5. The van der Waals surface area contributed by atoms with Crippen LogP contribution in [0.25, 0.3) is 5.52 Å². The Balaban J connectivity index is 1.68. The van der Waals surface area contributed by atoms with Gasteiger partial charge in [0.05, 0.1) is 12.6 Å². The first-order valence-electron chi connectivity index (χ1n) is 12.8. The first-order valence-corrected chi connectivity index (χ1v) is 13.6. The lowest BCUT2D eigenvalue weighted by Crippen LogP contribution is -2.44. The first kappa shape index (κ1) is 26.5. The van der Waals surface area contributed by atoms with Crippen molar-refractivity contribution in [2.24, 2.45) is 11.7 Å². The largest absolute Gasteiger partial charge is 0.328 e. The van der Waals surface area contributed by atoms with Crippen molar-refractivity contribution >= 4 is 34.6 Å². The lowest BCUT2D eigenvalue weighted by molar-refractivity contribution is 0.0618. The molecule has 1 aliphatic rings. The van der Waals surface area contributed by atoms with E-state index in [1.807, 2.05) is 49.1 Å². The molecule has 1 amide bonds. The maximum atomic E-state index is 14.0. The Bertz CT molecular complexity index is 1500. The second kappa shape index (κ2) is 10.6. The zero-order chi connectivity index (χ0) is 27.0. The number of nitrogens with two attached hydrogens (primary N) is 1. The molecule has 38 heavy (non-hydrogen) atoms. The van der Waals surface area contributed by atoms with Crippen LogP contribution >= 0.6 is 23.2 Å². The van der Waals surface area contributed by atoms with Crippen molar-refractivity contribution in [1.29, 1.82) is 0 Å². The maximum absolute atomic E-state index is 14.0. The Morgan fingerprint density at radius 2 is 1.76 bits per heavy atom. The molecule has 1 unspecified atom stereocenters. The third kappa shape index (κ3) is 5.65. The van der Waals surface area contributed by atoms with E-state index in [9.17, 15) is 9.59 Å². The molecule has 2 heterocycles. The minimum absolute atomic E-state index is 0.151. The topological polar surface area (TPSA) is 85.6 Å². The molecule has 198 valence electrons. The second-order valence-corrected chi connectivity index (χ2v) is 11.5. The van der Waals surface area contributed by atoms with Crippen LogP contribution in [0.1, 0.15) is 60.9 Å². The molecule has 0 bridgehead atoms. The molecule has 2 aromatic heterocycles. The summed E-state index contributed by atoms with van der Waals surface area (Å²) in [5.74, 6) is 0.527. The van der Waals surface area contributed by atoms with Crippen molar-refractivity contribution in [3.05, 3.63) is 104 Å². The SMILES string of the molecule is CC(C)(N)CCN(C(=O)c1ccc(Cl)cc1)C(c1nn2c(Cl)ccc2c(=O)n1Cc1ccccc1)C1CC1. The molecule has 0 aliphatic heterocycles. The second-order valence-electron chi connectivity index (χ2n) is 10.7. The minimum atomic E-state index is -0.489. The summed E-state index contributed by atoms with van der Waals surface area (Å²) >= 11 is 12.6. The molecular formula is C29H31Cl2N5O2. The number of fused-ring (bicyclic) bond motifs is 1. The number of carbonyl (C=O) groups is 1. The number of halogens is 2. The van der Waals surface area contributed by atoms with Gasteiger partial charge < -0.3 is 10.6 Å². The quantitative estimate of drug-likeness (QED) is 0.294. The Labute approximate surface area is 231 Å². The molecule has 1 atom stereocenters. The highest BCUT2D eigenvalue weighted by Crippen LogP contribution is 2.45. The number of hydrogen-bond donors (Lipinski definition) is 1. The monoisotopic (exact) mass is 551 g/mol. The van der Waals surface area contributed by atoms with Crippen LogP contribution in [0.3, 0.4) is 0 Å². The van der Waals surface area contributed by atoms with Gasteiger partial charge in [0.1, 0.15) is 10.7 Å². The average Bonchev–Trinajstić information content (AvgIpc) is 3.65. The van der Waals surface area contributed by atoms with Gasteiger partial charge in [0.15, 0.2) is 5.82 Å². The number of benzene rings is 2. The summed E-state index contributed by atoms with van der Waals surface area (Å²) in [4.78, 5) is 29.7. The van der Waals surface area contributed by atoms with Gasteiger partial charge in [-0.05, 0) is 81.0 Å². The molecule has 1 saturated carbocycles. The van der Waals surface area contributed by atoms with E-state index in [1.54, 1.807) is 41.0 Å². The maximum Gasteiger partial charge on any atom is 0.278 e. The summed E-state index contributed by atoms with van der Waals surface area (Å²) in [6.07, 6.45) is 2.43. The van der Waals surface area contributed by atoms with E-state index in [-0.39, 0.29) is 17.4 Å². The van der Waals surface area contributed by atoms with E-state index in [2.05, 4.69) is 0 Å². The first-order chi connectivity index (χ1) is 18.1. The Hall–Kier alpha value is -3.13. The van der Waals surface area contributed by atoms with E-state index in [0.717, 1.165) is 18.4 Å². The number of rotatable bonds is 9. The molecule has 7 nitrogen and oxygen atoms in total. The molecule has 4 aromatic rings. The normalized spacial score (nSPS) is 14.6. The number of amides is 1. The fourth-order valence-electron chi connectivity index (χ4n) is 4.75. The molecule has 1 fully saturated rings. The van der Waals surface area contributed by atoms with Gasteiger partial charge in [0.2, 0.25) is 0 Å². The van der Waals surface area contributed by atoms with Crippen LogP contribution in [-0.4, -0.2) is 37.1 Å². The molecule has 9 heteroatoms. The van der Waals surface area contributed by atoms with Gasteiger partial charge in [-0.15, -0.1) is 0 Å². The molecule has 2 N–H and O–H groups in total. The lowest BCUT2D eigenvalue weighted by Gasteiger charge is -2.35. The van der Waals surface area contributed by atoms with Gasteiger partial charge in [0.25, 0.3) is 11.5 Å². The Morgan fingerprint density at radius 1 is 1.08 bits per heavy atom. The zero-order valence-electron chi connectivity index (χ0n) is 21.5. The van der Waals surface area contributed by atoms with Gasteiger partial charge in [-0.25, -0.2) is 4.52 Å². The van der Waals surface area contributed by atoms with Gasteiger partial charge >= 0.3 is 0 Å². The van der Waals surface area contributed by atoms with Crippen LogP contribution in [0.15, 0.2) is 71.5 Å². The minimum Gasteiger partial charge on any atom is -0.328 e. The van der Waals surface area contributed by atoms with E-state index in [4.69, 9.17) is 34.0 Å². The number of hydrogen-bond acceptors (Lipinski definition) is 4. The van der Waals surface area contributed by atoms with Crippen LogP contribution < -0.4 is 11.3 Å². The smallest absolute Gasteiger partial charge is 0.278 e. The van der Waals surface area contributed by atoms with Gasteiger partial charge in [-0.1, -0.05) is 53.5 Å². The lowest BCUT2D eigenvalue weighted by atomic mass is 9.99. The summed E-state index contributed by atoms with van der Waals surface area (Å²) in [6.45, 7) is 4.62. The fraction of sp³-hybridized carbons (Fsp3) is 0.345. The van der Waals surface area contributed by atoms with Gasteiger partial charge in [-0.2, -0.15) is 5.10 Å². The zero-order valence-corrected chi connectivity index (χ0v) is 23.0. The molecular weight excluding hydrogens is 521 g/mol. The fourth-order valence-corrected chi connectivity index (χ4v) is 5.07. The average molecular weight is 553 g/mol. The molecule has 1 aliphatic carbocycles. The number of nitrogens with zero attached hydrogens (tertiary/aromatic N) is 4. The van der Waals surface area contributed by atoms with Crippen molar-refractivity contribution in [1.82, 2.24) is 19.1 Å². The van der Waals surface area contributed by atoms with Crippen LogP contribution in [0, 0.1) is 5.92 Å². The summed E-state index contributed by atoms with van der Waals surface area (Å²) in [7, 11) is 0. The van der Waals surface area contributed by atoms with Crippen LogP contribution in [0.5, 0.6) is 0 Å². The standard InChI is InChI=1S/C29H31Cl2N5O2/c1-29(2,32)16-17-34(27(37)21-10-12-22(30)13-11-21)25(20-8-9-20)26-33-36-23(14-15-24(36)31)28(38)35(26)18-19-6-4-3-5-7-19/h3-7,10-15,20,25H,8-9,16-18,32H2,1-2H3. The third-order valence-electron chi connectivity index (χ3n) is 6.95. The van der Waals surface area contributed by atoms with Crippen molar-refractivity contribution in [3.8, 4) is 0 Å². The van der Waals surface area contributed by atoms with E-state index in [0.29, 0.717) is 46.6 Å².